The maximum absolute atomic E-state index is 12.6. The zero-order valence-corrected chi connectivity index (χ0v) is 18.6. The third-order valence-corrected chi connectivity index (χ3v) is 7.17. The van der Waals surface area contributed by atoms with E-state index in [1.54, 1.807) is 17.0 Å². The minimum Gasteiger partial charge on any atom is -0.356 e. The van der Waals surface area contributed by atoms with Gasteiger partial charge in [0.05, 0.1) is 4.90 Å². The predicted molar refractivity (Wildman–Crippen MR) is 117 cm³/mol. The van der Waals surface area contributed by atoms with E-state index >= 15 is 0 Å². The predicted octanol–water partition coefficient (Wildman–Crippen LogP) is 2.66. The van der Waals surface area contributed by atoms with Crippen LogP contribution in [-0.4, -0.2) is 39.4 Å². The molecule has 2 amide bonds. The van der Waals surface area contributed by atoms with Crippen molar-refractivity contribution in [3.8, 4) is 0 Å². The van der Waals surface area contributed by atoms with Crippen molar-refractivity contribution in [1.82, 2.24) is 10.0 Å². The number of rotatable bonds is 8. The second-order valence-electron chi connectivity index (χ2n) is 8.09. The van der Waals surface area contributed by atoms with Crippen molar-refractivity contribution < 1.29 is 18.0 Å². The summed E-state index contributed by atoms with van der Waals surface area (Å²) in [5.41, 5.74) is 3.01. The maximum Gasteiger partial charge on any atom is 0.240 e. The van der Waals surface area contributed by atoms with Gasteiger partial charge in [-0.2, -0.15) is 0 Å². The molecule has 164 valence electrons. The molecule has 2 aliphatic rings. The van der Waals surface area contributed by atoms with Crippen molar-refractivity contribution in [2.75, 3.05) is 18.0 Å². The van der Waals surface area contributed by atoms with Crippen LogP contribution >= 0.6 is 0 Å². The van der Waals surface area contributed by atoms with Crippen LogP contribution in [0.5, 0.6) is 0 Å². The van der Waals surface area contributed by atoms with Gasteiger partial charge in [0.15, 0.2) is 0 Å². The lowest BCUT2D eigenvalue weighted by atomic mass is 9.97. The molecule has 1 aliphatic carbocycles. The second kappa shape index (κ2) is 9.75. The van der Waals surface area contributed by atoms with E-state index in [9.17, 15) is 18.0 Å². The van der Waals surface area contributed by atoms with Crippen molar-refractivity contribution in [1.29, 1.82) is 0 Å². The summed E-state index contributed by atoms with van der Waals surface area (Å²) in [4.78, 5) is 25.7. The van der Waals surface area contributed by atoms with Gasteiger partial charge in [-0.25, -0.2) is 13.1 Å². The molecule has 0 aromatic heterocycles. The summed E-state index contributed by atoms with van der Waals surface area (Å²) < 4.78 is 27.7. The molecular formula is C22H31N3O4S. The van der Waals surface area contributed by atoms with Crippen LogP contribution in [0.15, 0.2) is 34.7 Å². The number of carbonyl (C=O) groups excluding carboxylic acids is 2. The number of allylic oxidation sites excluding steroid dienone is 1. The number of nitrogens with zero attached hydrogens (tertiary/aromatic N) is 1. The molecule has 8 heteroatoms. The Morgan fingerprint density at radius 3 is 2.70 bits per heavy atom. The molecule has 0 radical (unpaired) electrons. The molecular weight excluding hydrogens is 402 g/mol. The summed E-state index contributed by atoms with van der Waals surface area (Å²) in [5.74, 6) is -0.213. The molecule has 1 heterocycles. The fourth-order valence-corrected chi connectivity index (χ4v) is 5.30. The fourth-order valence-electron chi connectivity index (χ4n) is 4.22. The Kier molecular flexibility index (Phi) is 7.31. The van der Waals surface area contributed by atoms with Gasteiger partial charge < -0.3 is 10.2 Å². The Hall–Kier alpha value is -2.19. The molecule has 0 bridgehead atoms. The lowest BCUT2D eigenvalue weighted by Gasteiger charge is -2.20. The third kappa shape index (κ3) is 5.49. The van der Waals surface area contributed by atoms with Gasteiger partial charge in [0, 0.05) is 38.2 Å². The SMILES string of the molecule is CC(=O)N1c2ccc(S(=O)(=O)NCCC(=O)NCCC3=CCCCC3)cc2C[C@@H]1C. The van der Waals surface area contributed by atoms with Gasteiger partial charge in [0.2, 0.25) is 21.8 Å². The third-order valence-electron chi connectivity index (χ3n) is 5.71. The lowest BCUT2D eigenvalue weighted by molar-refractivity contribution is -0.121. The second-order valence-corrected chi connectivity index (χ2v) is 9.86. The molecule has 0 unspecified atom stereocenters. The first-order valence-electron chi connectivity index (χ1n) is 10.6. The minimum atomic E-state index is -3.71. The van der Waals surface area contributed by atoms with Gasteiger partial charge in [0.1, 0.15) is 0 Å². The number of benzene rings is 1. The van der Waals surface area contributed by atoms with Crippen LogP contribution in [0.1, 0.15) is 57.9 Å². The van der Waals surface area contributed by atoms with Crippen molar-refractivity contribution in [2.24, 2.45) is 0 Å². The topological polar surface area (TPSA) is 95.6 Å². The largest absolute Gasteiger partial charge is 0.356 e. The van der Waals surface area contributed by atoms with Gasteiger partial charge in [-0.1, -0.05) is 11.6 Å². The van der Waals surface area contributed by atoms with E-state index in [4.69, 9.17) is 0 Å². The quantitative estimate of drug-likeness (QED) is 0.616. The Morgan fingerprint density at radius 2 is 2.00 bits per heavy atom. The minimum absolute atomic E-state index is 0.0106. The summed E-state index contributed by atoms with van der Waals surface area (Å²) in [7, 11) is -3.71. The number of nitrogens with one attached hydrogen (secondary N) is 2. The summed E-state index contributed by atoms with van der Waals surface area (Å²) in [6.45, 7) is 4.09. The van der Waals surface area contributed by atoms with Crippen LogP contribution in [-0.2, 0) is 26.0 Å². The fraction of sp³-hybridized carbons (Fsp3) is 0.545. The van der Waals surface area contributed by atoms with Crippen LogP contribution in [0.3, 0.4) is 0 Å². The number of carbonyl (C=O) groups is 2. The van der Waals surface area contributed by atoms with Crippen molar-refractivity contribution >= 4 is 27.5 Å². The molecule has 0 saturated carbocycles. The average Bonchev–Trinajstić information content (AvgIpc) is 3.03. The molecule has 0 saturated heterocycles. The smallest absolute Gasteiger partial charge is 0.240 e. The van der Waals surface area contributed by atoms with Gasteiger partial charge in [-0.05, 0) is 69.2 Å². The Balaban J connectivity index is 1.48. The highest BCUT2D eigenvalue weighted by Gasteiger charge is 2.30. The van der Waals surface area contributed by atoms with Gasteiger partial charge in [0.25, 0.3) is 0 Å². The highest BCUT2D eigenvalue weighted by Crippen LogP contribution is 2.33. The molecule has 1 aliphatic heterocycles. The number of anilines is 1. The number of hydrogen-bond acceptors (Lipinski definition) is 4. The first-order valence-corrected chi connectivity index (χ1v) is 12.1. The Morgan fingerprint density at radius 1 is 1.20 bits per heavy atom. The van der Waals surface area contributed by atoms with Crippen molar-refractivity contribution in [2.45, 2.75) is 69.7 Å². The molecule has 1 aromatic rings. The van der Waals surface area contributed by atoms with Crippen LogP contribution in [0.2, 0.25) is 0 Å². The van der Waals surface area contributed by atoms with E-state index in [0.717, 1.165) is 30.5 Å². The molecule has 2 N–H and O–H groups in total. The monoisotopic (exact) mass is 433 g/mol. The molecule has 1 atom stereocenters. The normalized spacial score (nSPS) is 18.7. The van der Waals surface area contributed by atoms with E-state index in [0.29, 0.717) is 13.0 Å². The molecule has 30 heavy (non-hydrogen) atoms. The maximum atomic E-state index is 12.6. The summed E-state index contributed by atoms with van der Waals surface area (Å²) in [5, 5.41) is 2.86. The number of hydrogen-bond donors (Lipinski definition) is 2. The summed E-state index contributed by atoms with van der Waals surface area (Å²) >= 11 is 0. The van der Waals surface area contributed by atoms with Crippen LogP contribution in [0, 0.1) is 0 Å². The van der Waals surface area contributed by atoms with Crippen LogP contribution in [0.4, 0.5) is 5.69 Å². The average molecular weight is 434 g/mol. The van der Waals surface area contributed by atoms with Crippen molar-refractivity contribution in [3.63, 3.8) is 0 Å². The highest BCUT2D eigenvalue weighted by molar-refractivity contribution is 7.89. The molecule has 0 fully saturated rings. The van der Waals surface area contributed by atoms with E-state index in [1.165, 1.54) is 31.4 Å². The van der Waals surface area contributed by atoms with Gasteiger partial charge in [-0.3, -0.25) is 9.59 Å². The zero-order chi connectivity index (χ0) is 21.7. The van der Waals surface area contributed by atoms with E-state index < -0.39 is 10.0 Å². The lowest BCUT2D eigenvalue weighted by Crippen LogP contribution is -2.33. The number of fused-ring (bicyclic) bond motifs is 1. The summed E-state index contributed by atoms with van der Waals surface area (Å²) in [6, 6.07) is 4.82. The number of amides is 2. The standard InChI is InChI=1S/C22H31N3O4S/c1-16-14-19-15-20(8-9-21(19)25(16)17(2)26)30(28,29)24-13-11-22(27)23-12-10-18-6-4-3-5-7-18/h6,8-9,15-16,24H,3-5,7,10-14H2,1-2H3,(H,23,27)/t16-/m0/s1. The van der Waals surface area contributed by atoms with E-state index in [1.807, 2.05) is 6.92 Å². The molecule has 0 spiro atoms. The molecule has 3 rings (SSSR count). The van der Waals surface area contributed by atoms with Crippen LogP contribution in [0.25, 0.3) is 0 Å². The zero-order valence-electron chi connectivity index (χ0n) is 17.7. The number of sulfonamides is 1. The Bertz CT molecular complexity index is 940. The highest BCUT2D eigenvalue weighted by atomic mass is 32.2. The van der Waals surface area contributed by atoms with Gasteiger partial charge >= 0.3 is 0 Å². The van der Waals surface area contributed by atoms with Crippen LogP contribution < -0.4 is 14.9 Å². The van der Waals surface area contributed by atoms with E-state index in [-0.39, 0.29) is 35.7 Å². The Labute approximate surface area is 179 Å². The first-order chi connectivity index (χ1) is 14.3. The molecule has 1 aromatic carbocycles. The van der Waals surface area contributed by atoms with E-state index in [2.05, 4.69) is 16.1 Å². The summed E-state index contributed by atoms with van der Waals surface area (Å²) in [6.07, 6.45) is 8.54. The first kappa shape index (κ1) is 22.5. The van der Waals surface area contributed by atoms with Crippen molar-refractivity contribution in [3.05, 3.63) is 35.4 Å². The molecule has 7 nitrogen and oxygen atoms in total. The van der Waals surface area contributed by atoms with Gasteiger partial charge in [-0.15, -0.1) is 0 Å².